The largest absolute Gasteiger partial charge is 0.504 e. The van der Waals surface area contributed by atoms with Crippen LogP contribution in [0.25, 0.3) is 0 Å². The summed E-state index contributed by atoms with van der Waals surface area (Å²) in [6, 6.07) is 10.7. The highest BCUT2D eigenvalue weighted by atomic mass is 16.5. The molecule has 0 radical (unpaired) electrons. The number of hydrogen-bond donors (Lipinski definition) is 2. The summed E-state index contributed by atoms with van der Waals surface area (Å²) in [5.41, 5.74) is 4.71. The third-order valence-corrected chi connectivity index (χ3v) is 3.69. The molecule has 0 aromatic heterocycles. The second kappa shape index (κ2) is 9.27. The molecule has 2 N–H and O–H groups in total. The number of allylic oxidation sites excluding steroid dienone is 1. The highest BCUT2D eigenvalue weighted by Crippen LogP contribution is 2.31. The molecule has 2 aromatic carbocycles. The van der Waals surface area contributed by atoms with Crippen molar-refractivity contribution in [2.75, 3.05) is 14.2 Å². The Hall–Kier alpha value is -3.28. The lowest BCUT2D eigenvalue weighted by molar-refractivity contribution is -0.120. The van der Waals surface area contributed by atoms with Gasteiger partial charge in [0.25, 0.3) is 0 Å². The van der Waals surface area contributed by atoms with Crippen LogP contribution in [0.5, 0.6) is 17.2 Å². The highest BCUT2D eigenvalue weighted by Gasteiger charge is 2.09. The first-order chi connectivity index (χ1) is 12.6. The Morgan fingerprint density at radius 1 is 1.23 bits per heavy atom. The van der Waals surface area contributed by atoms with Gasteiger partial charge in [-0.3, -0.25) is 4.79 Å². The molecule has 0 bridgehead atoms. The fourth-order valence-electron chi connectivity index (χ4n) is 2.38. The average Bonchev–Trinajstić information content (AvgIpc) is 2.65. The summed E-state index contributed by atoms with van der Waals surface area (Å²) in [5, 5.41) is 14.0. The fraction of sp³-hybridized carbons (Fsp3) is 0.200. The van der Waals surface area contributed by atoms with Gasteiger partial charge in [-0.25, -0.2) is 5.43 Å². The Bertz CT molecular complexity index is 798. The van der Waals surface area contributed by atoms with Gasteiger partial charge in [0.2, 0.25) is 5.91 Å². The number of nitrogens with one attached hydrogen (secondary N) is 1. The van der Waals surface area contributed by atoms with Gasteiger partial charge in [0.15, 0.2) is 11.5 Å². The number of nitrogens with zero attached hydrogens (tertiary/aromatic N) is 1. The zero-order chi connectivity index (χ0) is 18.9. The number of phenolic OH excluding ortho intramolecular Hbond substituents is 1. The number of hydrogen-bond acceptors (Lipinski definition) is 5. The van der Waals surface area contributed by atoms with Crippen LogP contribution in [0.4, 0.5) is 0 Å². The van der Waals surface area contributed by atoms with Gasteiger partial charge in [0.05, 0.1) is 26.9 Å². The number of ether oxygens (including phenoxy) is 2. The molecule has 0 unspecified atom stereocenters. The molecule has 0 saturated heterocycles. The maximum Gasteiger partial charge on any atom is 0.244 e. The quantitative estimate of drug-likeness (QED) is 0.434. The minimum absolute atomic E-state index is 0.0769. The minimum Gasteiger partial charge on any atom is -0.504 e. The van der Waals surface area contributed by atoms with Crippen LogP contribution in [0.1, 0.15) is 16.7 Å². The maximum absolute atomic E-state index is 12.0. The number of carbonyl (C=O) groups is 1. The lowest BCUT2D eigenvalue weighted by atomic mass is 10.1. The molecule has 6 nitrogen and oxygen atoms in total. The SMILES string of the molecule is C=CCc1cc(/C=N/NC(=O)Cc2ccc(OC)cc2)cc(OC)c1O. The molecule has 2 rings (SSSR count). The van der Waals surface area contributed by atoms with Gasteiger partial charge >= 0.3 is 0 Å². The average molecular weight is 354 g/mol. The van der Waals surface area contributed by atoms with E-state index >= 15 is 0 Å². The van der Waals surface area contributed by atoms with Gasteiger partial charge in [-0.05, 0) is 41.8 Å². The Morgan fingerprint density at radius 3 is 2.58 bits per heavy atom. The fourth-order valence-corrected chi connectivity index (χ4v) is 2.38. The first-order valence-electron chi connectivity index (χ1n) is 8.03. The van der Waals surface area contributed by atoms with Crippen LogP contribution >= 0.6 is 0 Å². The van der Waals surface area contributed by atoms with Crippen molar-refractivity contribution in [2.45, 2.75) is 12.8 Å². The van der Waals surface area contributed by atoms with Gasteiger partial charge in [0, 0.05) is 5.56 Å². The monoisotopic (exact) mass is 354 g/mol. The summed E-state index contributed by atoms with van der Waals surface area (Å²) in [6.45, 7) is 3.67. The van der Waals surface area contributed by atoms with Crippen molar-refractivity contribution in [3.05, 3.63) is 65.7 Å². The first kappa shape index (κ1) is 19.1. The van der Waals surface area contributed by atoms with E-state index in [4.69, 9.17) is 9.47 Å². The van der Waals surface area contributed by atoms with E-state index < -0.39 is 0 Å². The van der Waals surface area contributed by atoms with E-state index in [1.54, 1.807) is 37.5 Å². The standard InChI is InChI=1S/C20H22N2O4/c1-4-5-16-10-15(11-18(26-3)20(16)24)13-21-22-19(23)12-14-6-8-17(25-2)9-7-14/h4,6-11,13,24H,1,5,12H2,2-3H3,(H,22,23)/b21-13+. The molecule has 1 amide bonds. The predicted molar refractivity (Wildman–Crippen MR) is 101 cm³/mol. The number of aromatic hydroxyl groups is 1. The van der Waals surface area contributed by atoms with Crippen molar-refractivity contribution in [2.24, 2.45) is 5.10 Å². The van der Waals surface area contributed by atoms with Crippen LogP contribution in [-0.2, 0) is 17.6 Å². The van der Waals surface area contributed by atoms with Crippen molar-refractivity contribution >= 4 is 12.1 Å². The predicted octanol–water partition coefficient (Wildman–Crippen LogP) is 2.83. The van der Waals surface area contributed by atoms with E-state index in [0.29, 0.717) is 23.3 Å². The molecule has 136 valence electrons. The second-order valence-corrected chi connectivity index (χ2v) is 5.54. The van der Waals surface area contributed by atoms with E-state index in [9.17, 15) is 9.90 Å². The number of benzene rings is 2. The number of hydrazone groups is 1. The molecule has 0 atom stereocenters. The summed E-state index contributed by atoms with van der Waals surface area (Å²) < 4.78 is 10.2. The van der Waals surface area contributed by atoms with Gasteiger partial charge in [0.1, 0.15) is 5.75 Å². The second-order valence-electron chi connectivity index (χ2n) is 5.54. The van der Waals surface area contributed by atoms with E-state index in [2.05, 4.69) is 17.1 Å². The molecule has 2 aromatic rings. The van der Waals surface area contributed by atoms with Crippen molar-refractivity contribution in [3.63, 3.8) is 0 Å². The maximum atomic E-state index is 12.0. The van der Waals surface area contributed by atoms with E-state index in [1.165, 1.54) is 13.3 Å². The zero-order valence-electron chi connectivity index (χ0n) is 14.9. The highest BCUT2D eigenvalue weighted by molar-refractivity contribution is 5.84. The lowest BCUT2D eigenvalue weighted by Gasteiger charge is -2.09. The number of amides is 1. The molecule has 0 aliphatic heterocycles. The van der Waals surface area contributed by atoms with Crippen molar-refractivity contribution in [1.29, 1.82) is 0 Å². The first-order valence-corrected chi connectivity index (χ1v) is 8.03. The van der Waals surface area contributed by atoms with Crippen LogP contribution in [0.3, 0.4) is 0 Å². The van der Waals surface area contributed by atoms with Crippen LogP contribution in [0.2, 0.25) is 0 Å². The Morgan fingerprint density at radius 2 is 1.96 bits per heavy atom. The van der Waals surface area contributed by atoms with Crippen LogP contribution < -0.4 is 14.9 Å². The summed E-state index contributed by atoms with van der Waals surface area (Å²) in [4.78, 5) is 12.0. The third-order valence-electron chi connectivity index (χ3n) is 3.69. The molecule has 0 fully saturated rings. The molecule has 0 aliphatic rings. The normalized spacial score (nSPS) is 10.5. The van der Waals surface area contributed by atoms with Gasteiger partial charge in [-0.1, -0.05) is 18.2 Å². The molecule has 26 heavy (non-hydrogen) atoms. The van der Waals surface area contributed by atoms with Crippen molar-refractivity contribution in [1.82, 2.24) is 5.43 Å². The molecular formula is C20H22N2O4. The van der Waals surface area contributed by atoms with Gasteiger partial charge in [-0.15, -0.1) is 6.58 Å². The number of rotatable bonds is 8. The summed E-state index contributed by atoms with van der Waals surface area (Å²) in [6.07, 6.45) is 3.89. The van der Waals surface area contributed by atoms with Crippen LogP contribution in [-0.4, -0.2) is 31.4 Å². The Kier molecular flexibility index (Phi) is 6.79. The lowest BCUT2D eigenvalue weighted by Crippen LogP contribution is -2.19. The summed E-state index contributed by atoms with van der Waals surface area (Å²) in [7, 11) is 3.07. The topological polar surface area (TPSA) is 80.2 Å². The van der Waals surface area contributed by atoms with Gasteiger partial charge < -0.3 is 14.6 Å². The van der Waals surface area contributed by atoms with E-state index in [1.807, 2.05) is 12.1 Å². The number of methoxy groups -OCH3 is 2. The molecule has 0 spiro atoms. The molecule has 0 aliphatic carbocycles. The number of carbonyl (C=O) groups excluding carboxylic acids is 1. The van der Waals surface area contributed by atoms with Crippen LogP contribution in [0.15, 0.2) is 54.2 Å². The smallest absolute Gasteiger partial charge is 0.244 e. The number of phenols is 1. The molecule has 6 heteroatoms. The summed E-state index contributed by atoms with van der Waals surface area (Å²) in [5.74, 6) is 0.927. The van der Waals surface area contributed by atoms with Crippen LogP contribution in [0, 0.1) is 0 Å². The van der Waals surface area contributed by atoms with E-state index in [-0.39, 0.29) is 18.1 Å². The van der Waals surface area contributed by atoms with Crippen molar-refractivity contribution < 1.29 is 19.4 Å². The van der Waals surface area contributed by atoms with E-state index in [0.717, 1.165) is 11.3 Å². The molecule has 0 saturated carbocycles. The van der Waals surface area contributed by atoms with Crippen molar-refractivity contribution in [3.8, 4) is 17.2 Å². The summed E-state index contributed by atoms with van der Waals surface area (Å²) >= 11 is 0. The Labute approximate surface area is 152 Å². The minimum atomic E-state index is -0.233. The Balaban J connectivity index is 2.01. The van der Waals surface area contributed by atoms with Gasteiger partial charge in [-0.2, -0.15) is 5.10 Å². The third kappa shape index (κ3) is 5.11. The molecular weight excluding hydrogens is 332 g/mol. The molecule has 0 heterocycles. The zero-order valence-corrected chi connectivity index (χ0v) is 14.9.